The van der Waals surface area contributed by atoms with E-state index in [0.717, 1.165) is 31.9 Å². The van der Waals surface area contributed by atoms with E-state index in [9.17, 15) is 0 Å². The van der Waals surface area contributed by atoms with Gasteiger partial charge in [0.15, 0.2) is 0 Å². The third-order valence-corrected chi connectivity index (χ3v) is 3.29. The van der Waals surface area contributed by atoms with Crippen molar-refractivity contribution in [3.63, 3.8) is 0 Å². The lowest BCUT2D eigenvalue weighted by atomic mass is 9.95. The topological polar surface area (TPSA) is 30.5 Å². The minimum absolute atomic E-state index is 0.212. The molecular weight excluding hydrogens is 214 g/mol. The second kappa shape index (κ2) is 6.03. The summed E-state index contributed by atoms with van der Waals surface area (Å²) in [6, 6.07) is 8.20. The molecule has 3 nitrogen and oxygen atoms in total. The largest absolute Gasteiger partial charge is 0.497 e. The van der Waals surface area contributed by atoms with Crippen molar-refractivity contribution in [2.24, 2.45) is 5.92 Å². The summed E-state index contributed by atoms with van der Waals surface area (Å²) in [6.07, 6.45) is 1.35. The van der Waals surface area contributed by atoms with Gasteiger partial charge in [-0.1, -0.05) is 19.1 Å². The minimum atomic E-state index is 0.212. The lowest BCUT2D eigenvalue weighted by Crippen LogP contribution is -2.24. The van der Waals surface area contributed by atoms with Gasteiger partial charge in [0, 0.05) is 19.1 Å². The molecule has 2 atom stereocenters. The van der Waals surface area contributed by atoms with Crippen LogP contribution in [0.3, 0.4) is 0 Å². The highest BCUT2D eigenvalue weighted by atomic mass is 16.5. The standard InChI is InChI=1S/C14H21NO2/c1-3-15-10-12-7-8-17-14(12)11-5-4-6-13(9-11)16-2/h4-6,9,12,14-15H,3,7-8,10H2,1-2H3. The van der Waals surface area contributed by atoms with Crippen molar-refractivity contribution in [1.29, 1.82) is 0 Å². The van der Waals surface area contributed by atoms with Gasteiger partial charge in [-0.15, -0.1) is 0 Å². The third kappa shape index (κ3) is 2.99. The molecule has 1 aromatic rings. The molecule has 1 saturated heterocycles. The van der Waals surface area contributed by atoms with Crippen LogP contribution < -0.4 is 10.1 Å². The fourth-order valence-electron chi connectivity index (χ4n) is 2.36. The molecular formula is C14H21NO2. The Morgan fingerprint density at radius 2 is 2.35 bits per heavy atom. The summed E-state index contributed by atoms with van der Waals surface area (Å²) >= 11 is 0. The molecule has 1 aromatic carbocycles. The first-order chi connectivity index (χ1) is 8.35. The molecule has 17 heavy (non-hydrogen) atoms. The highest BCUT2D eigenvalue weighted by Crippen LogP contribution is 2.35. The number of nitrogens with one attached hydrogen (secondary N) is 1. The molecule has 1 aliphatic heterocycles. The van der Waals surface area contributed by atoms with Crippen LogP contribution >= 0.6 is 0 Å². The van der Waals surface area contributed by atoms with Gasteiger partial charge in [0.05, 0.1) is 13.2 Å². The molecule has 2 rings (SSSR count). The highest BCUT2D eigenvalue weighted by molar-refractivity contribution is 5.30. The van der Waals surface area contributed by atoms with Gasteiger partial charge in [-0.2, -0.15) is 0 Å². The molecule has 0 aromatic heterocycles. The molecule has 1 fully saturated rings. The Bertz CT molecular complexity index is 354. The van der Waals surface area contributed by atoms with Crippen LogP contribution in [0.4, 0.5) is 0 Å². The van der Waals surface area contributed by atoms with Crippen molar-refractivity contribution < 1.29 is 9.47 Å². The van der Waals surface area contributed by atoms with E-state index in [2.05, 4.69) is 24.4 Å². The molecule has 94 valence electrons. The monoisotopic (exact) mass is 235 g/mol. The quantitative estimate of drug-likeness (QED) is 0.850. The Labute approximate surface area is 103 Å². The first-order valence-electron chi connectivity index (χ1n) is 6.31. The van der Waals surface area contributed by atoms with E-state index in [1.165, 1.54) is 5.56 Å². The molecule has 3 heteroatoms. The van der Waals surface area contributed by atoms with E-state index in [4.69, 9.17) is 9.47 Å². The van der Waals surface area contributed by atoms with Crippen LogP contribution in [0.2, 0.25) is 0 Å². The number of benzene rings is 1. The minimum Gasteiger partial charge on any atom is -0.497 e. The zero-order chi connectivity index (χ0) is 12.1. The smallest absolute Gasteiger partial charge is 0.119 e. The Hall–Kier alpha value is -1.06. The van der Waals surface area contributed by atoms with Gasteiger partial charge in [0.2, 0.25) is 0 Å². The van der Waals surface area contributed by atoms with E-state index in [1.807, 2.05) is 12.1 Å². The van der Waals surface area contributed by atoms with E-state index in [0.29, 0.717) is 5.92 Å². The molecule has 2 unspecified atom stereocenters. The maximum Gasteiger partial charge on any atom is 0.119 e. The third-order valence-electron chi connectivity index (χ3n) is 3.29. The number of hydrogen-bond donors (Lipinski definition) is 1. The van der Waals surface area contributed by atoms with Crippen molar-refractivity contribution in [1.82, 2.24) is 5.32 Å². The zero-order valence-corrected chi connectivity index (χ0v) is 10.6. The SMILES string of the molecule is CCNCC1CCOC1c1cccc(OC)c1. The second-order valence-electron chi connectivity index (χ2n) is 4.42. The van der Waals surface area contributed by atoms with Crippen LogP contribution in [-0.2, 0) is 4.74 Å². The van der Waals surface area contributed by atoms with E-state index >= 15 is 0 Å². The number of rotatable bonds is 5. The van der Waals surface area contributed by atoms with Gasteiger partial charge in [-0.25, -0.2) is 0 Å². The molecule has 0 bridgehead atoms. The zero-order valence-electron chi connectivity index (χ0n) is 10.6. The maximum atomic E-state index is 5.85. The Kier molecular flexibility index (Phi) is 4.40. The van der Waals surface area contributed by atoms with Gasteiger partial charge < -0.3 is 14.8 Å². The van der Waals surface area contributed by atoms with Crippen molar-refractivity contribution in [3.05, 3.63) is 29.8 Å². The predicted molar refractivity (Wildman–Crippen MR) is 68.3 cm³/mol. The maximum absolute atomic E-state index is 5.85. The number of methoxy groups -OCH3 is 1. The molecule has 0 spiro atoms. The first kappa shape index (κ1) is 12.4. The van der Waals surface area contributed by atoms with E-state index < -0.39 is 0 Å². The van der Waals surface area contributed by atoms with Gasteiger partial charge in [0.25, 0.3) is 0 Å². The molecule has 0 saturated carbocycles. The van der Waals surface area contributed by atoms with Gasteiger partial charge in [0.1, 0.15) is 5.75 Å². The summed E-state index contributed by atoms with van der Waals surface area (Å²) in [7, 11) is 1.70. The fraction of sp³-hybridized carbons (Fsp3) is 0.571. The lowest BCUT2D eigenvalue weighted by Gasteiger charge is -2.19. The van der Waals surface area contributed by atoms with Crippen molar-refractivity contribution in [3.8, 4) is 5.75 Å². The average Bonchev–Trinajstić information content (AvgIpc) is 2.84. The van der Waals surface area contributed by atoms with Gasteiger partial charge >= 0.3 is 0 Å². The summed E-state index contributed by atoms with van der Waals surface area (Å²) in [5.74, 6) is 1.47. The molecule has 0 amide bonds. The average molecular weight is 235 g/mol. The lowest BCUT2D eigenvalue weighted by molar-refractivity contribution is 0.0904. The second-order valence-corrected chi connectivity index (χ2v) is 4.42. The van der Waals surface area contributed by atoms with E-state index in [1.54, 1.807) is 7.11 Å². The molecule has 1 N–H and O–H groups in total. The number of ether oxygens (including phenoxy) is 2. The first-order valence-corrected chi connectivity index (χ1v) is 6.31. The summed E-state index contributed by atoms with van der Waals surface area (Å²) in [5.41, 5.74) is 1.23. The van der Waals surface area contributed by atoms with Crippen molar-refractivity contribution in [2.75, 3.05) is 26.8 Å². The van der Waals surface area contributed by atoms with Crippen molar-refractivity contribution >= 4 is 0 Å². The molecule has 1 aliphatic rings. The molecule has 1 heterocycles. The number of hydrogen-bond acceptors (Lipinski definition) is 3. The van der Waals surface area contributed by atoms with Gasteiger partial charge in [-0.05, 0) is 30.7 Å². The van der Waals surface area contributed by atoms with Gasteiger partial charge in [-0.3, -0.25) is 0 Å². The van der Waals surface area contributed by atoms with Crippen LogP contribution in [-0.4, -0.2) is 26.8 Å². The van der Waals surface area contributed by atoms with Crippen molar-refractivity contribution in [2.45, 2.75) is 19.4 Å². The summed E-state index contributed by atoms with van der Waals surface area (Å²) in [5, 5.41) is 3.41. The van der Waals surface area contributed by atoms with Crippen LogP contribution in [0, 0.1) is 5.92 Å². The van der Waals surface area contributed by atoms with Crippen LogP contribution in [0.15, 0.2) is 24.3 Å². The van der Waals surface area contributed by atoms with Crippen LogP contribution in [0.5, 0.6) is 5.75 Å². The summed E-state index contributed by atoms with van der Waals surface area (Å²) in [6.45, 7) is 5.04. The Balaban J connectivity index is 2.08. The fourth-order valence-corrected chi connectivity index (χ4v) is 2.36. The summed E-state index contributed by atoms with van der Waals surface area (Å²) in [4.78, 5) is 0. The highest BCUT2D eigenvalue weighted by Gasteiger charge is 2.29. The summed E-state index contributed by atoms with van der Waals surface area (Å²) < 4.78 is 11.1. The molecule has 0 aliphatic carbocycles. The predicted octanol–water partition coefficient (Wildman–Crippen LogP) is 2.38. The van der Waals surface area contributed by atoms with Crippen LogP contribution in [0.25, 0.3) is 0 Å². The Morgan fingerprint density at radius 3 is 3.12 bits per heavy atom. The van der Waals surface area contributed by atoms with E-state index in [-0.39, 0.29) is 6.10 Å². The Morgan fingerprint density at radius 1 is 1.47 bits per heavy atom. The van der Waals surface area contributed by atoms with Crippen LogP contribution in [0.1, 0.15) is 25.0 Å². The molecule has 0 radical (unpaired) electrons. The normalized spacial score (nSPS) is 23.9.